The molecular weight excluding hydrogens is 452 g/mol. The number of fused-ring (bicyclic) bond motifs is 1. The zero-order chi connectivity index (χ0) is 25.5. The Bertz CT molecular complexity index is 1110. The van der Waals surface area contributed by atoms with Crippen LogP contribution in [0.4, 0.5) is 0 Å². The maximum absolute atomic E-state index is 13.6. The van der Waals surface area contributed by atoms with Crippen LogP contribution in [0.1, 0.15) is 50.0 Å². The van der Waals surface area contributed by atoms with Crippen molar-refractivity contribution in [3.63, 3.8) is 0 Å². The van der Waals surface area contributed by atoms with E-state index in [0.29, 0.717) is 37.5 Å². The van der Waals surface area contributed by atoms with Crippen molar-refractivity contribution in [3.05, 3.63) is 42.2 Å². The van der Waals surface area contributed by atoms with E-state index in [0.717, 1.165) is 5.39 Å². The van der Waals surface area contributed by atoms with Crippen LogP contribution in [0.5, 0.6) is 0 Å². The molecule has 3 unspecified atom stereocenters. The van der Waals surface area contributed by atoms with Gasteiger partial charge in [-0.2, -0.15) is 0 Å². The Morgan fingerprint density at radius 2 is 1.94 bits per heavy atom. The van der Waals surface area contributed by atoms with E-state index >= 15 is 0 Å². The minimum Gasteiger partial charge on any atom is -0.481 e. The molecule has 2 heterocycles. The maximum atomic E-state index is 13.6. The summed E-state index contributed by atoms with van der Waals surface area (Å²) in [6.45, 7) is 4.07. The third kappa shape index (κ3) is 6.00. The summed E-state index contributed by atoms with van der Waals surface area (Å²) in [6.07, 6.45) is 2.92. The number of carboxylic acid groups (broad SMARTS) is 1. The molecule has 35 heavy (non-hydrogen) atoms. The molecule has 10 nitrogen and oxygen atoms in total. The number of pyridine rings is 1. The first-order chi connectivity index (χ1) is 16.8. The van der Waals surface area contributed by atoms with E-state index in [1.165, 1.54) is 4.90 Å². The Morgan fingerprint density at radius 3 is 2.63 bits per heavy atom. The number of amides is 3. The zero-order valence-corrected chi connectivity index (χ0v) is 19.8. The molecule has 1 aromatic heterocycles. The van der Waals surface area contributed by atoms with Crippen molar-refractivity contribution in [2.45, 2.75) is 57.7 Å². The molecule has 4 atom stereocenters. The molecule has 1 aliphatic rings. The minimum absolute atomic E-state index is 0.211. The number of hydrogen-bond acceptors (Lipinski definition) is 6. The van der Waals surface area contributed by atoms with Crippen LogP contribution in [-0.4, -0.2) is 69.6 Å². The molecule has 0 aliphatic carbocycles. The first kappa shape index (κ1) is 25.8. The summed E-state index contributed by atoms with van der Waals surface area (Å²) in [7, 11) is 0. The third-order valence-electron chi connectivity index (χ3n) is 6.38. The summed E-state index contributed by atoms with van der Waals surface area (Å²) in [5.74, 6) is -2.91. The number of carbonyl (C=O) groups is 5. The fraction of sp³-hybridized carbons (Fsp3) is 0.440. The molecule has 186 valence electrons. The van der Waals surface area contributed by atoms with Gasteiger partial charge >= 0.3 is 5.97 Å². The predicted molar refractivity (Wildman–Crippen MR) is 127 cm³/mol. The summed E-state index contributed by atoms with van der Waals surface area (Å²) in [4.78, 5) is 67.3. The van der Waals surface area contributed by atoms with Crippen LogP contribution in [0.25, 0.3) is 10.8 Å². The van der Waals surface area contributed by atoms with E-state index in [1.807, 2.05) is 32.0 Å². The lowest BCUT2D eigenvalue weighted by atomic mass is 9.97. The van der Waals surface area contributed by atoms with E-state index < -0.39 is 48.2 Å². The van der Waals surface area contributed by atoms with Gasteiger partial charge in [-0.1, -0.05) is 44.5 Å². The number of aliphatic carboxylic acids is 1. The van der Waals surface area contributed by atoms with E-state index in [-0.39, 0.29) is 11.6 Å². The van der Waals surface area contributed by atoms with Gasteiger partial charge in [0.15, 0.2) is 0 Å². The fourth-order valence-electron chi connectivity index (χ4n) is 4.28. The molecule has 1 aromatic carbocycles. The van der Waals surface area contributed by atoms with Crippen LogP contribution in [-0.2, 0) is 19.2 Å². The Kier molecular flexibility index (Phi) is 8.51. The summed E-state index contributed by atoms with van der Waals surface area (Å²) < 4.78 is 0. The number of carbonyl (C=O) groups excluding carboxylic acids is 4. The largest absolute Gasteiger partial charge is 0.481 e. The Labute approximate surface area is 203 Å². The number of nitrogens with one attached hydrogen (secondary N) is 2. The lowest BCUT2D eigenvalue weighted by Gasteiger charge is -2.31. The second kappa shape index (κ2) is 11.5. The van der Waals surface area contributed by atoms with Crippen LogP contribution in [0.3, 0.4) is 0 Å². The standard InChI is InChI=1S/C25H30N4O6/c1-3-15(2)21(28-24(34)22-18-8-5-4-7-16(18)10-11-26-22)25(35)29-12-6-9-19(29)23(33)27-17(14-30)13-20(31)32/h4-5,7-8,10-11,14-15,17,19,21H,3,6,9,12-13H2,1-2H3,(H,27,33)(H,28,34)(H,31,32)/t15?,17?,19-,21?/m0/s1. The molecule has 1 fully saturated rings. The molecule has 10 heteroatoms. The summed E-state index contributed by atoms with van der Waals surface area (Å²) >= 11 is 0. The van der Waals surface area contributed by atoms with Gasteiger partial charge in [0, 0.05) is 18.1 Å². The third-order valence-corrected chi connectivity index (χ3v) is 6.38. The number of aldehydes is 1. The molecule has 0 saturated carbocycles. The Balaban J connectivity index is 1.80. The van der Waals surface area contributed by atoms with Gasteiger partial charge in [0.05, 0.1) is 12.5 Å². The van der Waals surface area contributed by atoms with Crippen molar-refractivity contribution < 1.29 is 29.1 Å². The molecule has 3 N–H and O–H groups in total. The van der Waals surface area contributed by atoms with Gasteiger partial charge in [-0.3, -0.25) is 24.2 Å². The first-order valence-corrected chi connectivity index (χ1v) is 11.7. The van der Waals surface area contributed by atoms with Crippen molar-refractivity contribution in [2.24, 2.45) is 5.92 Å². The van der Waals surface area contributed by atoms with Gasteiger partial charge in [-0.25, -0.2) is 0 Å². The Morgan fingerprint density at radius 1 is 1.20 bits per heavy atom. The van der Waals surface area contributed by atoms with Crippen LogP contribution < -0.4 is 10.6 Å². The average Bonchev–Trinajstić information content (AvgIpc) is 3.35. The highest BCUT2D eigenvalue weighted by Gasteiger charge is 2.40. The van der Waals surface area contributed by atoms with Crippen molar-refractivity contribution in [1.82, 2.24) is 20.5 Å². The molecule has 1 aliphatic heterocycles. The number of carboxylic acids is 1. The summed E-state index contributed by atoms with van der Waals surface area (Å²) in [6, 6.07) is 6.21. The lowest BCUT2D eigenvalue weighted by molar-refractivity contribution is -0.142. The lowest BCUT2D eigenvalue weighted by Crippen LogP contribution is -2.56. The average molecular weight is 483 g/mol. The van der Waals surface area contributed by atoms with Crippen LogP contribution in [0, 0.1) is 5.92 Å². The smallest absolute Gasteiger partial charge is 0.305 e. The first-order valence-electron chi connectivity index (χ1n) is 11.7. The number of likely N-dealkylation sites (tertiary alicyclic amines) is 1. The van der Waals surface area contributed by atoms with E-state index in [1.54, 1.807) is 18.3 Å². The number of aromatic nitrogens is 1. The quantitative estimate of drug-likeness (QED) is 0.435. The van der Waals surface area contributed by atoms with Crippen LogP contribution in [0.15, 0.2) is 36.5 Å². The van der Waals surface area contributed by atoms with Crippen LogP contribution in [0.2, 0.25) is 0 Å². The molecule has 0 radical (unpaired) electrons. The molecule has 3 rings (SSSR count). The van der Waals surface area contributed by atoms with Crippen molar-refractivity contribution in [1.29, 1.82) is 0 Å². The highest BCUT2D eigenvalue weighted by atomic mass is 16.4. The number of benzene rings is 1. The second-order valence-electron chi connectivity index (χ2n) is 8.76. The van der Waals surface area contributed by atoms with Crippen molar-refractivity contribution in [2.75, 3.05) is 6.54 Å². The zero-order valence-electron chi connectivity index (χ0n) is 19.8. The highest BCUT2D eigenvalue weighted by molar-refractivity contribution is 6.06. The SMILES string of the molecule is CCC(C)C(NC(=O)c1nccc2ccccc12)C(=O)N1CCC[C@H]1C(=O)NC(C=O)CC(=O)O. The van der Waals surface area contributed by atoms with Crippen molar-refractivity contribution >= 4 is 40.7 Å². The molecule has 0 spiro atoms. The van der Waals surface area contributed by atoms with Gasteiger partial charge < -0.3 is 25.4 Å². The molecular formula is C25H30N4O6. The number of rotatable bonds is 10. The molecule has 0 bridgehead atoms. The second-order valence-corrected chi connectivity index (χ2v) is 8.76. The van der Waals surface area contributed by atoms with Gasteiger partial charge in [0.25, 0.3) is 5.91 Å². The monoisotopic (exact) mass is 482 g/mol. The molecule has 1 saturated heterocycles. The van der Waals surface area contributed by atoms with Gasteiger partial charge in [0.2, 0.25) is 11.8 Å². The topological polar surface area (TPSA) is 146 Å². The summed E-state index contributed by atoms with van der Waals surface area (Å²) in [5, 5.41) is 15.7. The maximum Gasteiger partial charge on any atom is 0.305 e. The normalized spacial score (nSPS) is 17.9. The Hall–Kier alpha value is -3.82. The predicted octanol–water partition coefficient (Wildman–Crippen LogP) is 1.53. The summed E-state index contributed by atoms with van der Waals surface area (Å²) in [5.41, 5.74) is 0.211. The highest BCUT2D eigenvalue weighted by Crippen LogP contribution is 2.23. The van der Waals surface area contributed by atoms with Crippen LogP contribution >= 0.6 is 0 Å². The molecule has 3 amide bonds. The fourth-order valence-corrected chi connectivity index (χ4v) is 4.28. The van der Waals surface area contributed by atoms with Gasteiger partial charge in [-0.05, 0) is 30.2 Å². The number of nitrogens with zero attached hydrogens (tertiary/aromatic N) is 2. The number of hydrogen-bond donors (Lipinski definition) is 3. The van der Waals surface area contributed by atoms with Gasteiger partial charge in [-0.15, -0.1) is 0 Å². The van der Waals surface area contributed by atoms with E-state index in [9.17, 15) is 24.0 Å². The van der Waals surface area contributed by atoms with Gasteiger partial charge in [0.1, 0.15) is 24.1 Å². The molecule has 2 aromatic rings. The van der Waals surface area contributed by atoms with E-state index in [2.05, 4.69) is 15.6 Å². The van der Waals surface area contributed by atoms with Crippen molar-refractivity contribution in [3.8, 4) is 0 Å². The van der Waals surface area contributed by atoms with E-state index in [4.69, 9.17) is 5.11 Å². The minimum atomic E-state index is -1.22.